The molecule has 0 fully saturated rings. The summed E-state index contributed by atoms with van der Waals surface area (Å²) < 4.78 is 5.26. The van der Waals surface area contributed by atoms with Crippen LogP contribution in [0.5, 0.6) is 0 Å². The van der Waals surface area contributed by atoms with Crippen molar-refractivity contribution in [1.82, 2.24) is 5.32 Å². The Hall–Kier alpha value is -1.87. The molecule has 0 saturated heterocycles. The van der Waals surface area contributed by atoms with Gasteiger partial charge in [0.2, 0.25) is 0 Å². The first-order valence-electron chi connectivity index (χ1n) is 6.85. The summed E-state index contributed by atoms with van der Waals surface area (Å²) >= 11 is 0. The van der Waals surface area contributed by atoms with Crippen LogP contribution in [0.1, 0.15) is 26.3 Å². The minimum atomic E-state index is -0.432. The zero-order valence-corrected chi connectivity index (χ0v) is 12.3. The molecule has 0 aliphatic heterocycles. The van der Waals surface area contributed by atoms with Crippen LogP contribution in [0.25, 0.3) is 10.8 Å². The number of esters is 1. The monoisotopic (exact) mass is 271 g/mol. The van der Waals surface area contributed by atoms with E-state index in [1.165, 1.54) is 16.3 Å². The van der Waals surface area contributed by atoms with Crippen molar-refractivity contribution in [2.24, 2.45) is 0 Å². The molecule has 0 aliphatic carbocycles. The molecule has 0 atom stereocenters. The molecule has 0 radical (unpaired) electrons. The summed E-state index contributed by atoms with van der Waals surface area (Å²) in [5, 5.41) is 5.57. The minimum Gasteiger partial charge on any atom is -0.459 e. The lowest BCUT2D eigenvalue weighted by Crippen LogP contribution is -2.31. The van der Waals surface area contributed by atoms with Gasteiger partial charge < -0.3 is 10.1 Å². The smallest absolute Gasteiger partial charge is 0.320 e. The van der Waals surface area contributed by atoms with E-state index in [1.807, 2.05) is 39.0 Å². The van der Waals surface area contributed by atoms with Gasteiger partial charge in [-0.15, -0.1) is 0 Å². The second-order valence-corrected chi connectivity index (χ2v) is 5.83. The maximum absolute atomic E-state index is 11.6. The molecule has 2 aromatic rings. The van der Waals surface area contributed by atoms with Crippen molar-refractivity contribution in [3.8, 4) is 0 Å². The van der Waals surface area contributed by atoms with Crippen molar-refractivity contribution in [3.05, 3.63) is 48.0 Å². The third-order valence-corrected chi connectivity index (χ3v) is 2.88. The van der Waals surface area contributed by atoms with Crippen molar-refractivity contribution >= 4 is 16.7 Å². The Morgan fingerprint density at radius 3 is 2.55 bits per heavy atom. The fourth-order valence-corrected chi connectivity index (χ4v) is 2.12. The maximum Gasteiger partial charge on any atom is 0.320 e. The normalized spacial score (nSPS) is 11.6. The number of carbonyl (C=O) groups is 1. The number of carbonyl (C=O) groups excluding carboxylic acids is 1. The molecule has 2 aromatic carbocycles. The van der Waals surface area contributed by atoms with E-state index in [9.17, 15) is 4.79 Å². The van der Waals surface area contributed by atoms with Gasteiger partial charge in [-0.25, -0.2) is 0 Å². The molecule has 1 N–H and O–H groups in total. The average Bonchev–Trinajstić information content (AvgIpc) is 2.37. The standard InChI is InChI=1S/C17H21NO2/c1-17(2,3)20-16(19)12-18-11-14-9-6-8-13-7-4-5-10-15(13)14/h4-10,18H,11-12H2,1-3H3. The molecule has 0 aliphatic rings. The average molecular weight is 271 g/mol. The fraction of sp³-hybridized carbons (Fsp3) is 0.353. The quantitative estimate of drug-likeness (QED) is 0.867. The van der Waals surface area contributed by atoms with Gasteiger partial charge in [-0.1, -0.05) is 42.5 Å². The molecular weight excluding hydrogens is 250 g/mol. The number of hydrogen-bond donors (Lipinski definition) is 1. The van der Waals surface area contributed by atoms with Crippen LogP contribution in [0.4, 0.5) is 0 Å². The van der Waals surface area contributed by atoms with E-state index in [1.54, 1.807) is 0 Å². The first-order chi connectivity index (χ1) is 9.46. The molecule has 0 spiro atoms. The summed E-state index contributed by atoms with van der Waals surface area (Å²) in [5.41, 5.74) is 0.754. The van der Waals surface area contributed by atoms with Crippen molar-refractivity contribution in [3.63, 3.8) is 0 Å². The number of benzene rings is 2. The Balaban J connectivity index is 1.95. The number of rotatable bonds is 4. The Labute approximate surface area is 119 Å². The third kappa shape index (κ3) is 4.07. The van der Waals surface area contributed by atoms with E-state index >= 15 is 0 Å². The lowest BCUT2D eigenvalue weighted by molar-refractivity contribution is -0.153. The molecule has 0 saturated carbocycles. The largest absolute Gasteiger partial charge is 0.459 e. The van der Waals surface area contributed by atoms with Gasteiger partial charge in [-0.3, -0.25) is 4.79 Å². The molecule has 3 heteroatoms. The van der Waals surface area contributed by atoms with Gasteiger partial charge >= 0.3 is 5.97 Å². The molecule has 0 unspecified atom stereocenters. The summed E-state index contributed by atoms with van der Waals surface area (Å²) in [6.45, 7) is 6.49. The number of hydrogen-bond acceptors (Lipinski definition) is 3. The highest BCUT2D eigenvalue weighted by molar-refractivity contribution is 5.85. The lowest BCUT2D eigenvalue weighted by Gasteiger charge is -2.19. The van der Waals surface area contributed by atoms with E-state index in [4.69, 9.17) is 4.74 Å². The molecule has 0 heterocycles. The van der Waals surface area contributed by atoms with Crippen molar-refractivity contribution < 1.29 is 9.53 Å². The predicted molar refractivity (Wildman–Crippen MR) is 81.5 cm³/mol. The maximum atomic E-state index is 11.6. The van der Waals surface area contributed by atoms with E-state index in [0.717, 1.165) is 0 Å². The third-order valence-electron chi connectivity index (χ3n) is 2.88. The summed E-state index contributed by atoms with van der Waals surface area (Å²) in [6, 6.07) is 14.4. The number of nitrogens with one attached hydrogen (secondary N) is 1. The minimum absolute atomic E-state index is 0.223. The Kier molecular flexibility index (Phi) is 4.40. The van der Waals surface area contributed by atoms with Crippen molar-refractivity contribution in [2.75, 3.05) is 6.54 Å². The van der Waals surface area contributed by atoms with E-state index in [2.05, 4.69) is 29.6 Å². The molecule has 20 heavy (non-hydrogen) atoms. The van der Waals surface area contributed by atoms with E-state index < -0.39 is 5.60 Å². The predicted octanol–water partition coefficient (Wildman–Crippen LogP) is 3.27. The highest BCUT2D eigenvalue weighted by Gasteiger charge is 2.15. The first-order valence-corrected chi connectivity index (χ1v) is 6.85. The molecule has 2 rings (SSSR count). The molecule has 0 bridgehead atoms. The summed E-state index contributed by atoms with van der Waals surface area (Å²) in [7, 11) is 0. The van der Waals surface area contributed by atoms with E-state index in [-0.39, 0.29) is 12.5 Å². The molecule has 0 amide bonds. The van der Waals surface area contributed by atoms with E-state index in [0.29, 0.717) is 6.54 Å². The summed E-state index contributed by atoms with van der Waals surface area (Å²) in [4.78, 5) is 11.6. The number of ether oxygens (including phenoxy) is 1. The Bertz CT molecular complexity index is 594. The highest BCUT2D eigenvalue weighted by Crippen LogP contribution is 2.18. The van der Waals surface area contributed by atoms with Gasteiger partial charge in [0.1, 0.15) is 5.60 Å². The van der Waals surface area contributed by atoms with Gasteiger partial charge in [-0.2, -0.15) is 0 Å². The highest BCUT2D eigenvalue weighted by atomic mass is 16.6. The Morgan fingerprint density at radius 1 is 1.10 bits per heavy atom. The molecule has 0 aromatic heterocycles. The van der Waals surface area contributed by atoms with Crippen LogP contribution in [-0.4, -0.2) is 18.1 Å². The van der Waals surface area contributed by atoms with Gasteiger partial charge in [0, 0.05) is 6.54 Å². The zero-order valence-electron chi connectivity index (χ0n) is 12.3. The van der Waals surface area contributed by atoms with Crippen LogP contribution >= 0.6 is 0 Å². The van der Waals surface area contributed by atoms with Crippen LogP contribution in [-0.2, 0) is 16.1 Å². The van der Waals surface area contributed by atoms with Gasteiger partial charge in [-0.05, 0) is 37.1 Å². The molecular formula is C17H21NO2. The molecule has 3 nitrogen and oxygen atoms in total. The fourth-order valence-electron chi connectivity index (χ4n) is 2.12. The van der Waals surface area contributed by atoms with Crippen LogP contribution in [0, 0.1) is 0 Å². The molecule has 106 valence electrons. The Morgan fingerprint density at radius 2 is 1.80 bits per heavy atom. The van der Waals surface area contributed by atoms with Crippen LogP contribution in [0.2, 0.25) is 0 Å². The van der Waals surface area contributed by atoms with Crippen LogP contribution < -0.4 is 5.32 Å². The van der Waals surface area contributed by atoms with Crippen molar-refractivity contribution in [2.45, 2.75) is 32.9 Å². The SMILES string of the molecule is CC(C)(C)OC(=O)CNCc1cccc2ccccc12. The van der Waals surface area contributed by atoms with Gasteiger partial charge in [0.25, 0.3) is 0 Å². The first kappa shape index (κ1) is 14.5. The topological polar surface area (TPSA) is 38.3 Å². The second kappa shape index (κ2) is 6.06. The number of fused-ring (bicyclic) bond motifs is 1. The van der Waals surface area contributed by atoms with Gasteiger partial charge in [0.15, 0.2) is 0 Å². The zero-order chi connectivity index (χ0) is 14.6. The summed E-state index contributed by atoms with van der Waals surface area (Å²) in [6.07, 6.45) is 0. The van der Waals surface area contributed by atoms with Crippen LogP contribution in [0.15, 0.2) is 42.5 Å². The summed E-state index contributed by atoms with van der Waals surface area (Å²) in [5.74, 6) is -0.224. The van der Waals surface area contributed by atoms with Gasteiger partial charge in [0.05, 0.1) is 6.54 Å². The van der Waals surface area contributed by atoms with Crippen LogP contribution in [0.3, 0.4) is 0 Å². The lowest BCUT2D eigenvalue weighted by atomic mass is 10.0. The second-order valence-electron chi connectivity index (χ2n) is 5.83. The van der Waals surface area contributed by atoms with Crippen molar-refractivity contribution in [1.29, 1.82) is 0 Å².